The van der Waals surface area contributed by atoms with E-state index in [1.165, 1.54) is 17.5 Å². The summed E-state index contributed by atoms with van der Waals surface area (Å²) >= 11 is 1.72. The maximum atomic E-state index is 9.73. The third-order valence-electron chi connectivity index (χ3n) is 3.13. The highest BCUT2D eigenvalue weighted by Gasteiger charge is 2.29. The van der Waals surface area contributed by atoms with Crippen molar-refractivity contribution in [1.82, 2.24) is 10.3 Å². The number of hydrogen-bond donors (Lipinski definition) is 2. The van der Waals surface area contributed by atoms with Gasteiger partial charge in [-0.1, -0.05) is 12.1 Å². The summed E-state index contributed by atoms with van der Waals surface area (Å²) in [5.41, 5.74) is 1.07. The monoisotopic (exact) mass is 248 g/mol. The van der Waals surface area contributed by atoms with Gasteiger partial charge in [-0.05, 0) is 30.9 Å². The minimum absolute atomic E-state index is 0.177. The van der Waals surface area contributed by atoms with E-state index in [1.807, 2.05) is 18.2 Å². The van der Waals surface area contributed by atoms with Crippen molar-refractivity contribution in [2.45, 2.75) is 25.5 Å². The second kappa shape index (κ2) is 4.72. The van der Waals surface area contributed by atoms with E-state index in [1.54, 1.807) is 11.3 Å². The highest BCUT2D eigenvalue weighted by Crippen LogP contribution is 2.32. The summed E-state index contributed by atoms with van der Waals surface area (Å²) < 4.78 is 1.23. The van der Waals surface area contributed by atoms with Gasteiger partial charge in [-0.15, -0.1) is 11.3 Å². The number of para-hydroxylation sites is 1. The first-order valence-electron chi connectivity index (χ1n) is 6.06. The summed E-state index contributed by atoms with van der Waals surface area (Å²) in [7, 11) is 0. The van der Waals surface area contributed by atoms with E-state index in [0.29, 0.717) is 12.5 Å². The smallest absolute Gasteiger partial charge is 0.108 e. The summed E-state index contributed by atoms with van der Waals surface area (Å²) in [6.07, 6.45) is 2.19. The van der Waals surface area contributed by atoms with Gasteiger partial charge in [0.25, 0.3) is 0 Å². The number of aliphatic hydroxyl groups excluding tert-OH is 1. The van der Waals surface area contributed by atoms with Crippen molar-refractivity contribution >= 4 is 21.6 Å². The van der Waals surface area contributed by atoms with Crippen LogP contribution in [0.15, 0.2) is 24.3 Å². The van der Waals surface area contributed by atoms with Crippen molar-refractivity contribution in [3.05, 3.63) is 29.3 Å². The first-order chi connectivity index (χ1) is 8.33. The highest BCUT2D eigenvalue weighted by molar-refractivity contribution is 7.18. The number of fused-ring (bicyclic) bond motifs is 1. The average Bonchev–Trinajstić information content (AvgIpc) is 3.09. The Morgan fingerprint density at radius 1 is 1.41 bits per heavy atom. The SMILES string of the molecule is OC(CNCc1nc2ccccc2s1)C1CC1. The molecule has 1 aromatic carbocycles. The Balaban J connectivity index is 1.57. The van der Waals surface area contributed by atoms with Crippen LogP contribution in [0.3, 0.4) is 0 Å². The van der Waals surface area contributed by atoms with Crippen LogP contribution in [0.4, 0.5) is 0 Å². The molecule has 0 bridgehead atoms. The van der Waals surface area contributed by atoms with Crippen LogP contribution in [0.5, 0.6) is 0 Å². The summed E-state index contributed by atoms with van der Waals surface area (Å²) in [6.45, 7) is 1.43. The van der Waals surface area contributed by atoms with Gasteiger partial charge in [0.1, 0.15) is 5.01 Å². The normalized spacial score (nSPS) is 17.5. The molecule has 0 amide bonds. The van der Waals surface area contributed by atoms with Crippen molar-refractivity contribution in [3.63, 3.8) is 0 Å². The lowest BCUT2D eigenvalue weighted by atomic mass is 10.2. The zero-order chi connectivity index (χ0) is 11.7. The molecule has 0 saturated heterocycles. The summed E-state index contributed by atoms with van der Waals surface area (Å²) in [6, 6.07) is 8.18. The second-order valence-electron chi connectivity index (χ2n) is 4.61. The molecule has 1 atom stereocenters. The fourth-order valence-electron chi connectivity index (χ4n) is 1.97. The lowest BCUT2D eigenvalue weighted by Crippen LogP contribution is -2.27. The van der Waals surface area contributed by atoms with Gasteiger partial charge in [0, 0.05) is 13.1 Å². The number of rotatable bonds is 5. The molecule has 1 saturated carbocycles. The van der Waals surface area contributed by atoms with Crippen LogP contribution in [0, 0.1) is 5.92 Å². The molecule has 1 heterocycles. The Bertz CT molecular complexity index is 474. The molecule has 1 aliphatic carbocycles. The first kappa shape index (κ1) is 11.1. The molecule has 2 N–H and O–H groups in total. The highest BCUT2D eigenvalue weighted by atomic mass is 32.1. The molecule has 1 aromatic heterocycles. The van der Waals surface area contributed by atoms with Crippen LogP contribution in [0.1, 0.15) is 17.8 Å². The summed E-state index contributed by atoms with van der Waals surface area (Å²) in [5.74, 6) is 0.540. The van der Waals surface area contributed by atoms with Gasteiger partial charge in [-0.2, -0.15) is 0 Å². The second-order valence-corrected chi connectivity index (χ2v) is 5.73. The van der Waals surface area contributed by atoms with Crippen molar-refractivity contribution in [2.24, 2.45) is 5.92 Å². The van der Waals surface area contributed by atoms with Crippen LogP contribution in [0.25, 0.3) is 10.2 Å². The minimum Gasteiger partial charge on any atom is -0.392 e. The molecule has 3 rings (SSSR count). The van der Waals surface area contributed by atoms with Gasteiger partial charge in [-0.3, -0.25) is 0 Å². The molecule has 1 unspecified atom stereocenters. The summed E-state index contributed by atoms with van der Waals surface area (Å²) in [4.78, 5) is 4.54. The molecule has 3 nitrogen and oxygen atoms in total. The molecule has 0 radical (unpaired) electrons. The fourth-order valence-corrected chi connectivity index (χ4v) is 2.91. The third-order valence-corrected chi connectivity index (χ3v) is 4.17. The number of hydrogen-bond acceptors (Lipinski definition) is 4. The average molecular weight is 248 g/mol. The maximum absolute atomic E-state index is 9.73. The van der Waals surface area contributed by atoms with Gasteiger partial charge in [-0.25, -0.2) is 4.98 Å². The van der Waals surface area contributed by atoms with Crippen LogP contribution in [-0.4, -0.2) is 22.7 Å². The van der Waals surface area contributed by atoms with Gasteiger partial charge < -0.3 is 10.4 Å². The molecular formula is C13H16N2OS. The predicted molar refractivity (Wildman–Crippen MR) is 70.1 cm³/mol. The Morgan fingerprint density at radius 3 is 3.00 bits per heavy atom. The maximum Gasteiger partial charge on any atom is 0.108 e. The van der Waals surface area contributed by atoms with Crippen molar-refractivity contribution in [1.29, 1.82) is 0 Å². The van der Waals surface area contributed by atoms with Gasteiger partial charge >= 0.3 is 0 Å². The van der Waals surface area contributed by atoms with Crippen molar-refractivity contribution in [3.8, 4) is 0 Å². The molecule has 0 spiro atoms. The molecule has 2 aromatic rings. The zero-order valence-electron chi connectivity index (χ0n) is 9.60. The molecule has 0 aliphatic heterocycles. The number of benzene rings is 1. The van der Waals surface area contributed by atoms with E-state index in [9.17, 15) is 5.11 Å². The van der Waals surface area contributed by atoms with Crippen LogP contribution in [0.2, 0.25) is 0 Å². The Hall–Kier alpha value is -0.970. The molecule has 1 aliphatic rings. The van der Waals surface area contributed by atoms with E-state index in [2.05, 4.69) is 16.4 Å². The van der Waals surface area contributed by atoms with Crippen LogP contribution >= 0.6 is 11.3 Å². The van der Waals surface area contributed by atoms with E-state index >= 15 is 0 Å². The standard InChI is InChI=1S/C13H16N2OS/c16-11(9-5-6-9)7-14-8-13-15-10-3-1-2-4-12(10)17-13/h1-4,9,11,14,16H,5-8H2. The largest absolute Gasteiger partial charge is 0.392 e. The Kier molecular flexibility index (Phi) is 3.09. The van der Waals surface area contributed by atoms with Crippen molar-refractivity contribution in [2.75, 3.05) is 6.54 Å². The lowest BCUT2D eigenvalue weighted by Gasteiger charge is -2.08. The Labute approximate surface area is 105 Å². The van der Waals surface area contributed by atoms with E-state index in [-0.39, 0.29) is 6.10 Å². The molecule has 4 heteroatoms. The first-order valence-corrected chi connectivity index (χ1v) is 6.88. The molecular weight excluding hydrogens is 232 g/mol. The minimum atomic E-state index is -0.177. The van der Waals surface area contributed by atoms with Crippen molar-refractivity contribution < 1.29 is 5.11 Å². The van der Waals surface area contributed by atoms with E-state index < -0.39 is 0 Å². The van der Waals surface area contributed by atoms with E-state index in [4.69, 9.17) is 0 Å². The predicted octanol–water partition coefficient (Wildman–Crippen LogP) is 2.16. The molecule has 1 fully saturated rings. The number of nitrogens with one attached hydrogen (secondary N) is 1. The third kappa shape index (κ3) is 2.65. The fraction of sp³-hybridized carbons (Fsp3) is 0.462. The molecule has 17 heavy (non-hydrogen) atoms. The van der Waals surface area contributed by atoms with Gasteiger partial charge in [0.05, 0.1) is 16.3 Å². The quantitative estimate of drug-likeness (QED) is 0.852. The summed E-state index contributed by atoms with van der Waals surface area (Å²) in [5, 5.41) is 14.1. The lowest BCUT2D eigenvalue weighted by molar-refractivity contribution is 0.148. The van der Waals surface area contributed by atoms with Gasteiger partial charge in [0.15, 0.2) is 0 Å². The topological polar surface area (TPSA) is 45.1 Å². The molecule has 90 valence electrons. The number of thiazole rings is 1. The zero-order valence-corrected chi connectivity index (χ0v) is 10.4. The number of aliphatic hydroxyl groups is 1. The Morgan fingerprint density at radius 2 is 2.24 bits per heavy atom. The number of aromatic nitrogens is 1. The van der Waals surface area contributed by atoms with E-state index in [0.717, 1.165) is 17.1 Å². The van der Waals surface area contributed by atoms with Crippen LogP contribution in [-0.2, 0) is 6.54 Å². The van der Waals surface area contributed by atoms with Gasteiger partial charge in [0.2, 0.25) is 0 Å². The number of nitrogens with zero attached hydrogens (tertiary/aromatic N) is 1. The van der Waals surface area contributed by atoms with Crippen LogP contribution < -0.4 is 5.32 Å².